The fourth-order valence-electron chi connectivity index (χ4n) is 2.85. The third-order valence-corrected chi connectivity index (χ3v) is 6.02. The molecule has 0 atom stereocenters. The van der Waals surface area contributed by atoms with Crippen LogP contribution in [0, 0.1) is 0 Å². The molecule has 2 heterocycles. The van der Waals surface area contributed by atoms with Crippen LogP contribution >= 0.6 is 11.8 Å². The lowest BCUT2D eigenvalue weighted by molar-refractivity contribution is -0.109. The summed E-state index contributed by atoms with van der Waals surface area (Å²) in [5, 5.41) is 0.685. The van der Waals surface area contributed by atoms with Crippen molar-refractivity contribution in [1.82, 2.24) is 4.98 Å². The number of H-pyrrole nitrogens is 1. The largest absolute Gasteiger partial charge is 0.491 e. The molecule has 1 saturated heterocycles. The van der Waals surface area contributed by atoms with E-state index < -0.39 is 18.3 Å². The van der Waals surface area contributed by atoms with Gasteiger partial charge in [0.2, 0.25) is 0 Å². The van der Waals surface area contributed by atoms with E-state index in [-0.39, 0.29) is 10.5 Å². The number of hydrogen-bond donors (Lipinski definition) is 1. The molecule has 3 rings (SSSR count). The van der Waals surface area contributed by atoms with Gasteiger partial charge in [0.1, 0.15) is 0 Å². The number of carbonyl (C=O) groups is 1. The average Bonchev–Trinajstić information content (AvgIpc) is 2.79. The predicted molar refractivity (Wildman–Crippen MR) is 112 cm³/mol. The number of benzene rings is 1. The molecule has 7 heteroatoms. The molecular weight excluding hydrogens is 361 g/mol. The Bertz CT molecular complexity index is 948. The normalized spacial score (nSPS) is 18.9. The van der Waals surface area contributed by atoms with Gasteiger partial charge in [0.15, 0.2) is 10.5 Å². The van der Waals surface area contributed by atoms with E-state index in [4.69, 9.17) is 9.31 Å². The molecule has 2 aromatic rings. The molecule has 1 aromatic heterocycles. The van der Waals surface area contributed by atoms with Crippen LogP contribution < -0.4 is 5.43 Å². The molecule has 27 heavy (non-hydrogen) atoms. The molecule has 0 aliphatic carbocycles. The van der Waals surface area contributed by atoms with Crippen molar-refractivity contribution in [1.29, 1.82) is 0 Å². The third-order valence-electron chi connectivity index (χ3n) is 5.13. The molecule has 0 unspecified atom stereocenters. The summed E-state index contributed by atoms with van der Waals surface area (Å²) in [5.74, 6) is 0.482. The first-order chi connectivity index (χ1) is 12.6. The highest BCUT2D eigenvalue weighted by atomic mass is 32.2. The van der Waals surface area contributed by atoms with Gasteiger partial charge in [0.25, 0.3) is 0 Å². The minimum Gasteiger partial charge on any atom is -0.400 e. The van der Waals surface area contributed by atoms with E-state index in [1.807, 2.05) is 45.9 Å². The summed E-state index contributed by atoms with van der Waals surface area (Å²) in [7, 11) is -0.521. The Labute approximate surface area is 163 Å². The van der Waals surface area contributed by atoms with Crippen LogP contribution in [-0.4, -0.2) is 34.2 Å². The summed E-state index contributed by atoms with van der Waals surface area (Å²) in [6.45, 7) is 9.56. The molecule has 1 aromatic carbocycles. The van der Waals surface area contributed by atoms with Crippen LogP contribution in [0.15, 0.2) is 40.7 Å². The second-order valence-electron chi connectivity index (χ2n) is 7.73. The zero-order valence-electron chi connectivity index (χ0n) is 16.3. The minimum atomic E-state index is -0.521. The molecule has 0 amide bonds. The van der Waals surface area contributed by atoms with E-state index in [2.05, 4.69) is 4.98 Å². The molecule has 5 nitrogen and oxygen atoms in total. The molecule has 0 radical (unpaired) electrons. The predicted octanol–water partition coefficient (Wildman–Crippen LogP) is 3.82. The van der Waals surface area contributed by atoms with Gasteiger partial charge in [-0.15, -0.1) is 0 Å². The van der Waals surface area contributed by atoms with E-state index in [9.17, 15) is 9.59 Å². The number of carbonyl (C=O) groups excluding carboxylic acids is 1. The molecule has 1 N–H and O–H groups in total. The van der Waals surface area contributed by atoms with Gasteiger partial charge in [0.05, 0.1) is 11.2 Å². The van der Waals surface area contributed by atoms with E-state index in [0.717, 1.165) is 16.6 Å². The molecule has 1 aliphatic heterocycles. The molecular formula is C20H24BNO4S. The maximum Gasteiger partial charge on any atom is 0.491 e. The van der Waals surface area contributed by atoms with Crippen molar-refractivity contribution in [2.24, 2.45) is 0 Å². The molecule has 0 saturated carbocycles. The minimum absolute atomic E-state index is 0.0161. The maximum absolute atomic E-state index is 11.9. The van der Waals surface area contributed by atoms with Crippen molar-refractivity contribution >= 4 is 41.0 Å². The quantitative estimate of drug-likeness (QED) is 0.811. The van der Waals surface area contributed by atoms with Crippen molar-refractivity contribution in [3.05, 3.63) is 51.7 Å². The van der Waals surface area contributed by atoms with Crippen LogP contribution in [0.3, 0.4) is 0 Å². The lowest BCUT2D eigenvalue weighted by Crippen LogP contribution is -2.41. The number of pyridine rings is 1. The van der Waals surface area contributed by atoms with Crippen LogP contribution in [0.4, 0.5) is 0 Å². The fourth-order valence-corrected chi connectivity index (χ4v) is 3.44. The van der Waals surface area contributed by atoms with Gasteiger partial charge in [-0.25, -0.2) is 0 Å². The van der Waals surface area contributed by atoms with E-state index >= 15 is 0 Å². The Hall–Kier alpha value is -1.83. The van der Waals surface area contributed by atoms with Crippen LogP contribution in [0.1, 0.15) is 40.2 Å². The zero-order valence-corrected chi connectivity index (χ0v) is 17.1. The van der Waals surface area contributed by atoms with Crippen LogP contribution in [0.5, 0.6) is 0 Å². The summed E-state index contributed by atoms with van der Waals surface area (Å²) in [6.07, 6.45) is 3.61. The SMILES string of the molecule is CC(=O)SCC(=Cc1ccc2c(=O)cc[nH]c2c1)B1OC(C)(C)C(C)(C)O1. The Kier molecular flexibility index (Phi) is 5.39. The first-order valence-corrected chi connectivity index (χ1v) is 9.88. The highest BCUT2D eigenvalue weighted by Crippen LogP contribution is 2.39. The standard InChI is InChI=1S/C20H24BNO4S/c1-13(23)27-12-15(21-25-19(2,3)20(4,5)26-21)10-14-6-7-16-17(11-14)22-9-8-18(16)24/h6-11H,12H2,1-5H3,(H,22,24). The van der Waals surface area contributed by atoms with Gasteiger partial charge in [-0.2, -0.15) is 0 Å². The Balaban J connectivity index is 1.98. The molecule has 0 spiro atoms. The van der Waals surface area contributed by atoms with Gasteiger partial charge < -0.3 is 14.3 Å². The molecule has 142 valence electrons. The summed E-state index contributed by atoms with van der Waals surface area (Å²) in [4.78, 5) is 26.5. The van der Waals surface area contributed by atoms with E-state index in [0.29, 0.717) is 11.1 Å². The smallest absolute Gasteiger partial charge is 0.400 e. The van der Waals surface area contributed by atoms with Gasteiger partial charge in [-0.3, -0.25) is 9.59 Å². The van der Waals surface area contributed by atoms with Gasteiger partial charge in [0, 0.05) is 35.8 Å². The number of thioether (sulfide) groups is 1. The molecule has 1 fully saturated rings. The summed E-state index contributed by atoms with van der Waals surface area (Å²) in [5.41, 5.74) is 1.64. The van der Waals surface area contributed by atoms with Gasteiger partial charge in [-0.05, 0) is 50.9 Å². The Morgan fingerprint density at radius 2 is 1.85 bits per heavy atom. The first kappa shape index (κ1) is 19.9. The van der Waals surface area contributed by atoms with Crippen molar-refractivity contribution in [2.45, 2.75) is 45.8 Å². The number of hydrogen-bond acceptors (Lipinski definition) is 5. The Morgan fingerprint density at radius 3 is 2.48 bits per heavy atom. The monoisotopic (exact) mass is 385 g/mol. The molecule has 1 aliphatic rings. The highest BCUT2D eigenvalue weighted by Gasteiger charge is 2.52. The highest BCUT2D eigenvalue weighted by molar-refractivity contribution is 8.13. The number of nitrogens with one attached hydrogen (secondary N) is 1. The lowest BCUT2D eigenvalue weighted by atomic mass is 9.78. The van der Waals surface area contributed by atoms with Crippen LogP contribution in [0.25, 0.3) is 17.0 Å². The number of rotatable bonds is 4. The summed E-state index contributed by atoms with van der Waals surface area (Å²) >= 11 is 1.23. The molecule has 0 bridgehead atoms. The van der Waals surface area contributed by atoms with Crippen LogP contribution in [-0.2, 0) is 14.1 Å². The van der Waals surface area contributed by atoms with Crippen molar-refractivity contribution < 1.29 is 14.1 Å². The lowest BCUT2D eigenvalue weighted by Gasteiger charge is -2.32. The van der Waals surface area contributed by atoms with Gasteiger partial charge >= 0.3 is 7.12 Å². The van der Waals surface area contributed by atoms with Crippen molar-refractivity contribution in [3.8, 4) is 0 Å². The van der Waals surface area contributed by atoms with Crippen molar-refractivity contribution in [2.75, 3.05) is 5.75 Å². The number of aromatic nitrogens is 1. The zero-order chi connectivity index (χ0) is 19.8. The number of fused-ring (bicyclic) bond motifs is 1. The first-order valence-electron chi connectivity index (χ1n) is 8.90. The summed E-state index contributed by atoms with van der Waals surface area (Å²) < 4.78 is 12.3. The number of aromatic amines is 1. The van der Waals surface area contributed by atoms with Crippen molar-refractivity contribution in [3.63, 3.8) is 0 Å². The van der Waals surface area contributed by atoms with Gasteiger partial charge in [-0.1, -0.05) is 23.9 Å². The maximum atomic E-state index is 11.9. The average molecular weight is 385 g/mol. The summed E-state index contributed by atoms with van der Waals surface area (Å²) in [6, 6.07) is 7.12. The van der Waals surface area contributed by atoms with Crippen LogP contribution in [0.2, 0.25) is 0 Å². The third kappa shape index (κ3) is 4.20. The topological polar surface area (TPSA) is 68.4 Å². The second kappa shape index (κ2) is 7.30. The van der Waals surface area contributed by atoms with E-state index in [1.54, 1.807) is 19.2 Å². The second-order valence-corrected chi connectivity index (χ2v) is 8.89. The van der Waals surface area contributed by atoms with E-state index in [1.165, 1.54) is 17.8 Å². The Morgan fingerprint density at radius 1 is 1.19 bits per heavy atom. The fraction of sp³-hybridized carbons (Fsp3) is 0.400.